The van der Waals surface area contributed by atoms with Crippen LogP contribution in [0.25, 0.3) is 11.1 Å². The number of amides is 2. The Morgan fingerprint density at radius 2 is 1.61 bits per heavy atom. The molecule has 1 aliphatic rings. The molecule has 2 unspecified atom stereocenters. The third kappa shape index (κ3) is 6.32. The van der Waals surface area contributed by atoms with E-state index in [2.05, 4.69) is 10.6 Å². The summed E-state index contributed by atoms with van der Waals surface area (Å²) >= 11 is 0. The summed E-state index contributed by atoms with van der Waals surface area (Å²) in [4.78, 5) is 36.2. The molecule has 2 aromatic rings. The molecule has 176 valence electrons. The van der Waals surface area contributed by atoms with Crippen molar-refractivity contribution in [3.63, 3.8) is 0 Å². The van der Waals surface area contributed by atoms with Crippen LogP contribution in [0.1, 0.15) is 43.7 Å². The number of hydrogen-bond donors (Lipinski definition) is 3. The van der Waals surface area contributed by atoms with Crippen molar-refractivity contribution in [3.8, 4) is 11.1 Å². The molecule has 33 heavy (non-hydrogen) atoms. The van der Waals surface area contributed by atoms with Crippen molar-refractivity contribution >= 4 is 18.0 Å². The molecule has 0 aromatic heterocycles. The van der Waals surface area contributed by atoms with E-state index in [1.165, 1.54) is 0 Å². The molecule has 2 aromatic carbocycles. The Morgan fingerprint density at radius 1 is 1.00 bits per heavy atom. The Labute approximate surface area is 193 Å². The van der Waals surface area contributed by atoms with E-state index in [9.17, 15) is 14.4 Å². The summed E-state index contributed by atoms with van der Waals surface area (Å²) in [6, 6.07) is 14.7. The molecule has 0 saturated carbocycles. The van der Waals surface area contributed by atoms with Gasteiger partial charge in [-0.2, -0.15) is 0 Å². The molecule has 0 heterocycles. The summed E-state index contributed by atoms with van der Waals surface area (Å²) in [5.74, 6) is -1.64. The van der Waals surface area contributed by atoms with Crippen molar-refractivity contribution in [2.45, 2.75) is 44.7 Å². The highest BCUT2D eigenvalue weighted by molar-refractivity contribution is 5.86. The number of hydrogen-bond acceptors (Lipinski definition) is 5. The highest BCUT2D eigenvalue weighted by Crippen LogP contribution is 2.44. The van der Waals surface area contributed by atoms with Gasteiger partial charge >= 0.3 is 12.1 Å². The van der Waals surface area contributed by atoms with Crippen molar-refractivity contribution in [1.29, 1.82) is 0 Å². The standard InChI is InChI=1S/C25H30N2O6/c1-3-32-14-16(2)26-24(30)22(12-13-23(28)29)27-25(31)33-15-21-19-10-6-4-8-17(19)18-9-5-7-11-20(18)21/h4-11,16,21-22H,3,12-15H2,1-2H3,(H,26,30)(H,27,31)(H,28,29). The number of carbonyl (C=O) groups is 3. The highest BCUT2D eigenvalue weighted by atomic mass is 16.5. The summed E-state index contributed by atoms with van der Waals surface area (Å²) in [6.07, 6.45) is -1.08. The molecular formula is C25H30N2O6. The fourth-order valence-corrected chi connectivity index (χ4v) is 4.00. The van der Waals surface area contributed by atoms with Crippen LogP contribution < -0.4 is 10.6 Å². The average Bonchev–Trinajstić information content (AvgIpc) is 3.12. The lowest BCUT2D eigenvalue weighted by Crippen LogP contribution is -2.50. The second-order valence-corrected chi connectivity index (χ2v) is 8.02. The number of alkyl carbamates (subject to hydrolysis) is 1. The average molecular weight is 455 g/mol. The Hall–Kier alpha value is -3.39. The Morgan fingerprint density at radius 3 is 2.18 bits per heavy atom. The molecule has 8 heteroatoms. The van der Waals surface area contributed by atoms with E-state index in [1.54, 1.807) is 6.92 Å². The number of rotatable bonds is 11. The van der Waals surface area contributed by atoms with Gasteiger partial charge in [-0.15, -0.1) is 0 Å². The van der Waals surface area contributed by atoms with Crippen LogP contribution >= 0.6 is 0 Å². The first-order valence-corrected chi connectivity index (χ1v) is 11.1. The summed E-state index contributed by atoms with van der Waals surface area (Å²) in [6.45, 7) is 4.56. The summed E-state index contributed by atoms with van der Waals surface area (Å²) in [5.41, 5.74) is 4.39. The van der Waals surface area contributed by atoms with Crippen LogP contribution in [-0.2, 0) is 19.1 Å². The Bertz CT molecular complexity index is 947. The molecular weight excluding hydrogens is 424 g/mol. The SMILES string of the molecule is CCOCC(C)NC(=O)C(CCC(=O)O)NC(=O)OCC1c2ccccc2-c2ccccc21. The van der Waals surface area contributed by atoms with E-state index < -0.39 is 24.0 Å². The lowest BCUT2D eigenvalue weighted by atomic mass is 9.98. The summed E-state index contributed by atoms with van der Waals surface area (Å²) in [5, 5.41) is 14.3. The van der Waals surface area contributed by atoms with Gasteiger partial charge in [-0.25, -0.2) is 4.79 Å². The molecule has 0 saturated heterocycles. The van der Waals surface area contributed by atoms with E-state index in [0.29, 0.717) is 13.2 Å². The van der Waals surface area contributed by atoms with E-state index in [0.717, 1.165) is 22.3 Å². The number of nitrogens with one attached hydrogen (secondary N) is 2. The second-order valence-electron chi connectivity index (χ2n) is 8.02. The van der Waals surface area contributed by atoms with Gasteiger partial charge in [0.1, 0.15) is 12.6 Å². The number of carboxylic acids is 1. The zero-order valence-electron chi connectivity index (χ0n) is 18.9. The Balaban J connectivity index is 1.63. The van der Waals surface area contributed by atoms with Gasteiger partial charge in [0.2, 0.25) is 5.91 Å². The number of fused-ring (bicyclic) bond motifs is 3. The normalized spacial score (nSPS) is 14.0. The van der Waals surface area contributed by atoms with Crippen LogP contribution in [-0.4, -0.2) is 55.0 Å². The van der Waals surface area contributed by atoms with Crippen LogP contribution in [0.2, 0.25) is 0 Å². The summed E-state index contributed by atoms with van der Waals surface area (Å²) in [7, 11) is 0. The van der Waals surface area contributed by atoms with E-state index in [1.807, 2.05) is 55.5 Å². The topological polar surface area (TPSA) is 114 Å². The van der Waals surface area contributed by atoms with Gasteiger partial charge in [0, 0.05) is 25.0 Å². The second kappa shape index (κ2) is 11.5. The number of benzene rings is 2. The predicted molar refractivity (Wildman–Crippen MR) is 123 cm³/mol. The lowest BCUT2D eigenvalue weighted by molar-refractivity contribution is -0.137. The number of aliphatic carboxylic acids is 1. The van der Waals surface area contributed by atoms with Crippen molar-refractivity contribution in [2.75, 3.05) is 19.8 Å². The summed E-state index contributed by atoms with van der Waals surface area (Å²) < 4.78 is 10.8. The van der Waals surface area contributed by atoms with Crippen LogP contribution in [0.4, 0.5) is 4.79 Å². The van der Waals surface area contributed by atoms with Crippen molar-refractivity contribution in [1.82, 2.24) is 10.6 Å². The molecule has 0 bridgehead atoms. The molecule has 1 aliphatic carbocycles. The largest absolute Gasteiger partial charge is 0.481 e. The molecule has 0 fully saturated rings. The minimum absolute atomic E-state index is 0.0489. The van der Waals surface area contributed by atoms with Crippen LogP contribution in [0.15, 0.2) is 48.5 Å². The fourth-order valence-electron chi connectivity index (χ4n) is 4.00. The molecule has 2 atom stereocenters. The number of ether oxygens (including phenoxy) is 2. The van der Waals surface area contributed by atoms with Gasteiger partial charge in [-0.05, 0) is 42.5 Å². The minimum atomic E-state index is -1.05. The first-order chi connectivity index (χ1) is 15.9. The van der Waals surface area contributed by atoms with Crippen molar-refractivity contribution in [2.24, 2.45) is 0 Å². The monoisotopic (exact) mass is 454 g/mol. The highest BCUT2D eigenvalue weighted by Gasteiger charge is 2.30. The first-order valence-electron chi connectivity index (χ1n) is 11.1. The quantitative estimate of drug-likeness (QED) is 0.480. The molecule has 3 rings (SSSR count). The van der Waals surface area contributed by atoms with Crippen LogP contribution in [0.5, 0.6) is 0 Å². The van der Waals surface area contributed by atoms with Gasteiger partial charge in [0.25, 0.3) is 0 Å². The molecule has 8 nitrogen and oxygen atoms in total. The molecule has 0 radical (unpaired) electrons. The third-order valence-electron chi connectivity index (χ3n) is 5.56. The van der Waals surface area contributed by atoms with Gasteiger partial charge in [0.05, 0.1) is 6.61 Å². The molecule has 3 N–H and O–H groups in total. The molecule has 0 aliphatic heterocycles. The van der Waals surface area contributed by atoms with Gasteiger partial charge in [-0.1, -0.05) is 48.5 Å². The smallest absolute Gasteiger partial charge is 0.407 e. The zero-order valence-corrected chi connectivity index (χ0v) is 18.9. The van der Waals surface area contributed by atoms with Gasteiger partial charge < -0.3 is 25.2 Å². The number of carbonyl (C=O) groups excluding carboxylic acids is 2. The van der Waals surface area contributed by atoms with Gasteiger partial charge in [-0.3, -0.25) is 9.59 Å². The van der Waals surface area contributed by atoms with Crippen molar-refractivity contribution in [3.05, 3.63) is 59.7 Å². The van der Waals surface area contributed by atoms with E-state index in [-0.39, 0.29) is 31.4 Å². The molecule has 2 amide bonds. The van der Waals surface area contributed by atoms with E-state index >= 15 is 0 Å². The Kier molecular flexibility index (Phi) is 8.43. The lowest BCUT2D eigenvalue weighted by Gasteiger charge is -2.21. The van der Waals surface area contributed by atoms with Crippen LogP contribution in [0.3, 0.4) is 0 Å². The third-order valence-corrected chi connectivity index (χ3v) is 5.56. The predicted octanol–water partition coefficient (Wildman–Crippen LogP) is 3.30. The van der Waals surface area contributed by atoms with Crippen LogP contribution in [0, 0.1) is 0 Å². The maximum Gasteiger partial charge on any atom is 0.407 e. The zero-order chi connectivity index (χ0) is 23.8. The number of carboxylic acid groups (broad SMARTS) is 1. The minimum Gasteiger partial charge on any atom is -0.481 e. The van der Waals surface area contributed by atoms with Crippen molar-refractivity contribution < 1.29 is 29.0 Å². The molecule has 0 spiro atoms. The fraction of sp³-hybridized carbons (Fsp3) is 0.400. The van der Waals surface area contributed by atoms with Gasteiger partial charge in [0.15, 0.2) is 0 Å². The first kappa shape index (κ1) is 24.3. The van der Waals surface area contributed by atoms with E-state index in [4.69, 9.17) is 14.6 Å². The maximum atomic E-state index is 12.6. The maximum absolute atomic E-state index is 12.6.